The van der Waals surface area contributed by atoms with Crippen molar-refractivity contribution in [3.63, 3.8) is 0 Å². The second-order valence-corrected chi connectivity index (χ2v) is 4.01. The molecule has 1 atom stereocenters. The molecule has 1 aromatic rings. The number of hydrogen-bond acceptors (Lipinski definition) is 2. The molecule has 1 heterocycles. The van der Waals surface area contributed by atoms with Crippen LogP contribution in [0.2, 0.25) is 0 Å². The molecule has 0 aromatic heterocycles. The molecule has 15 heavy (non-hydrogen) atoms. The molecule has 2 nitrogen and oxygen atoms in total. The number of aryl methyl sites for hydroxylation is 1. The molecule has 0 saturated heterocycles. The van der Waals surface area contributed by atoms with Crippen LogP contribution >= 0.6 is 0 Å². The van der Waals surface area contributed by atoms with E-state index in [1.807, 2.05) is 0 Å². The summed E-state index contributed by atoms with van der Waals surface area (Å²) in [6.45, 7) is 3.10. The fourth-order valence-corrected chi connectivity index (χ4v) is 1.91. The Morgan fingerprint density at radius 2 is 2.13 bits per heavy atom. The molecule has 0 radical (unpaired) electrons. The predicted molar refractivity (Wildman–Crippen MR) is 64.3 cm³/mol. The minimum Gasteiger partial charge on any atom is -0.369 e. The molecule has 2 heteroatoms. The van der Waals surface area contributed by atoms with E-state index in [0.29, 0.717) is 6.04 Å². The van der Waals surface area contributed by atoms with Crippen molar-refractivity contribution < 1.29 is 0 Å². The average Bonchev–Trinajstić information content (AvgIpc) is 2.76. The maximum atomic E-state index is 4.45. The SMILES string of the molecule is CCC1=NCC(CCc2ccccc2)N1. The first-order valence-corrected chi connectivity index (χ1v) is 5.72. The molecule has 1 aliphatic rings. The molecule has 0 saturated carbocycles. The van der Waals surface area contributed by atoms with Crippen molar-refractivity contribution in [3.05, 3.63) is 35.9 Å². The van der Waals surface area contributed by atoms with Crippen molar-refractivity contribution in [2.45, 2.75) is 32.2 Å². The zero-order valence-corrected chi connectivity index (χ0v) is 9.24. The number of nitrogens with one attached hydrogen (secondary N) is 1. The van der Waals surface area contributed by atoms with Gasteiger partial charge in [-0.1, -0.05) is 37.3 Å². The van der Waals surface area contributed by atoms with Gasteiger partial charge in [0.2, 0.25) is 0 Å². The Hall–Kier alpha value is -1.31. The Balaban J connectivity index is 1.77. The molecule has 1 aliphatic heterocycles. The van der Waals surface area contributed by atoms with Crippen LogP contribution in [-0.2, 0) is 6.42 Å². The van der Waals surface area contributed by atoms with Crippen molar-refractivity contribution in [1.82, 2.24) is 5.32 Å². The fourth-order valence-electron chi connectivity index (χ4n) is 1.91. The first kappa shape index (κ1) is 10.2. The van der Waals surface area contributed by atoms with Crippen molar-refractivity contribution in [1.29, 1.82) is 0 Å². The zero-order chi connectivity index (χ0) is 10.5. The molecule has 80 valence electrons. The van der Waals surface area contributed by atoms with Crippen molar-refractivity contribution in [2.24, 2.45) is 4.99 Å². The number of rotatable bonds is 4. The lowest BCUT2D eigenvalue weighted by atomic mass is 10.1. The summed E-state index contributed by atoms with van der Waals surface area (Å²) in [5.41, 5.74) is 1.42. The molecule has 0 bridgehead atoms. The number of amidine groups is 1. The van der Waals surface area contributed by atoms with Gasteiger partial charge >= 0.3 is 0 Å². The van der Waals surface area contributed by atoms with E-state index in [4.69, 9.17) is 0 Å². The van der Waals surface area contributed by atoms with Crippen LogP contribution in [0.25, 0.3) is 0 Å². The highest BCUT2D eigenvalue weighted by atomic mass is 15.1. The van der Waals surface area contributed by atoms with E-state index in [2.05, 4.69) is 47.6 Å². The van der Waals surface area contributed by atoms with Gasteiger partial charge in [-0.2, -0.15) is 0 Å². The van der Waals surface area contributed by atoms with Crippen LogP contribution in [-0.4, -0.2) is 18.4 Å². The van der Waals surface area contributed by atoms with Gasteiger partial charge in [-0.3, -0.25) is 4.99 Å². The molecule has 1 unspecified atom stereocenters. The third-order valence-electron chi connectivity index (χ3n) is 2.83. The maximum Gasteiger partial charge on any atom is 0.0963 e. The van der Waals surface area contributed by atoms with Crippen molar-refractivity contribution in [2.75, 3.05) is 6.54 Å². The summed E-state index contributed by atoms with van der Waals surface area (Å²) >= 11 is 0. The highest BCUT2D eigenvalue weighted by Crippen LogP contribution is 2.08. The second-order valence-electron chi connectivity index (χ2n) is 4.01. The van der Waals surface area contributed by atoms with E-state index >= 15 is 0 Å². The van der Waals surface area contributed by atoms with E-state index in [0.717, 1.165) is 19.4 Å². The first-order chi connectivity index (χ1) is 7.38. The van der Waals surface area contributed by atoms with Crippen LogP contribution in [0.5, 0.6) is 0 Å². The Bertz CT molecular complexity index is 330. The molecular formula is C13H18N2. The minimum atomic E-state index is 0.556. The molecule has 2 rings (SSSR count). The first-order valence-electron chi connectivity index (χ1n) is 5.72. The summed E-state index contributed by atoms with van der Waals surface area (Å²) in [6.07, 6.45) is 3.35. The lowest BCUT2D eigenvalue weighted by Gasteiger charge is -2.10. The highest BCUT2D eigenvalue weighted by molar-refractivity contribution is 5.83. The molecule has 0 amide bonds. The van der Waals surface area contributed by atoms with E-state index in [1.165, 1.54) is 17.8 Å². The summed E-state index contributed by atoms with van der Waals surface area (Å²) in [5.74, 6) is 1.17. The topological polar surface area (TPSA) is 24.4 Å². The fraction of sp³-hybridized carbons (Fsp3) is 0.462. The quantitative estimate of drug-likeness (QED) is 0.796. The number of hydrogen-bond donors (Lipinski definition) is 1. The van der Waals surface area contributed by atoms with Gasteiger partial charge in [-0.15, -0.1) is 0 Å². The van der Waals surface area contributed by atoms with Crippen LogP contribution in [0, 0.1) is 0 Å². The third-order valence-corrected chi connectivity index (χ3v) is 2.83. The third kappa shape index (κ3) is 2.82. The van der Waals surface area contributed by atoms with Gasteiger partial charge in [0.25, 0.3) is 0 Å². The predicted octanol–water partition coefficient (Wildman–Crippen LogP) is 2.40. The molecular weight excluding hydrogens is 184 g/mol. The highest BCUT2D eigenvalue weighted by Gasteiger charge is 2.15. The van der Waals surface area contributed by atoms with Gasteiger partial charge < -0.3 is 5.32 Å². The summed E-state index contributed by atoms with van der Waals surface area (Å²) in [7, 11) is 0. The van der Waals surface area contributed by atoms with Gasteiger partial charge in [-0.25, -0.2) is 0 Å². The Kier molecular flexibility index (Phi) is 3.38. The van der Waals surface area contributed by atoms with E-state index in [1.54, 1.807) is 0 Å². The maximum absolute atomic E-state index is 4.45. The van der Waals surface area contributed by atoms with Crippen LogP contribution in [0.3, 0.4) is 0 Å². The lowest BCUT2D eigenvalue weighted by molar-refractivity contribution is 0.599. The Morgan fingerprint density at radius 1 is 1.33 bits per heavy atom. The van der Waals surface area contributed by atoms with E-state index < -0.39 is 0 Å². The van der Waals surface area contributed by atoms with Crippen molar-refractivity contribution >= 4 is 5.84 Å². The molecule has 1 aromatic carbocycles. The summed E-state index contributed by atoms with van der Waals surface area (Å²) < 4.78 is 0. The zero-order valence-electron chi connectivity index (χ0n) is 9.24. The van der Waals surface area contributed by atoms with Gasteiger partial charge in [0.15, 0.2) is 0 Å². The number of nitrogens with zero attached hydrogens (tertiary/aromatic N) is 1. The molecule has 0 spiro atoms. The number of aliphatic imine (C=N–C) groups is 1. The summed E-state index contributed by atoms with van der Waals surface area (Å²) in [6, 6.07) is 11.2. The van der Waals surface area contributed by atoms with Gasteiger partial charge in [0, 0.05) is 12.5 Å². The average molecular weight is 202 g/mol. The van der Waals surface area contributed by atoms with Crippen molar-refractivity contribution in [3.8, 4) is 0 Å². The van der Waals surface area contributed by atoms with Crippen LogP contribution in [0.1, 0.15) is 25.3 Å². The molecule has 0 fully saturated rings. The van der Waals surface area contributed by atoms with Gasteiger partial charge in [0.05, 0.1) is 12.4 Å². The van der Waals surface area contributed by atoms with Crippen LogP contribution < -0.4 is 5.32 Å². The summed E-state index contributed by atoms with van der Waals surface area (Å²) in [5, 5.41) is 3.46. The van der Waals surface area contributed by atoms with Crippen LogP contribution in [0.4, 0.5) is 0 Å². The second kappa shape index (κ2) is 4.96. The molecule has 0 aliphatic carbocycles. The lowest BCUT2D eigenvalue weighted by Crippen LogP contribution is -2.30. The monoisotopic (exact) mass is 202 g/mol. The standard InChI is InChI=1S/C13H18N2/c1-2-13-14-10-12(15-13)9-8-11-6-4-3-5-7-11/h3-7,12H,2,8-10H2,1H3,(H,14,15). The number of benzene rings is 1. The van der Waals surface area contributed by atoms with Crippen LogP contribution in [0.15, 0.2) is 35.3 Å². The molecule has 1 N–H and O–H groups in total. The normalized spacial score (nSPS) is 19.8. The Morgan fingerprint density at radius 3 is 2.80 bits per heavy atom. The minimum absolute atomic E-state index is 0.556. The Labute approximate surface area is 91.4 Å². The smallest absolute Gasteiger partial charge is 0.0963 e. The summed E-state index contributed by atoms with van der Waals surface area (Å²) in [4.78, 5) is 4.45. The largest absolute Gasteiger partial charge is 0.369 e. The van der Waals surface area contributed by atoms with Gasteiger partial charge in [-0.05, 0) is 18.4 Å². The van der Waals surface area contributed by atoms with E-state index in [9.17, 15) is 0 Å². The van der Waals surface area contributed by atoms with Gasteiger partial charge in [0.1, 0.15) is 0 Å². The van der Waals surface area contributed by atoms with E-state index in [-0.39, 0.29) is 0 Å².